The van der Waals surface area contributed by atoms with Gasteiger partial charge in [-0.25, -0.2) is 24.1 Å². The van der Waals surface area contributed by atoms with E-state index in [2.05, 4.69) is 61.8 Å². The van der Waals surface area contributed by atoms with Crippen LogP contribution in [0.3, 0.4) is 0 Å². The lowest BCUT2D eigenvalue weighted by Gasteiger charge is -2.18. The van der Waals surface area contributed by atoms with E-state index < -0.39 is 5.97 Å². The molecule has 14 nitrogen and oxygen atoms in total. The number of benzene rings is 2. The molecule has 2 aliphatic rings. The van der Waals surface area contributed by atoms with Crippen molar-refractivity contribution >= 4 is 11.9 Å². The Morgan fingerprint density at radius 3 is 1.65 bits per heavy atom. The van der Waals surface area contributed by atoms with Crippen LogP contribution in [-0.2, 0) is 13.1 Å². The van der Waals surface area contributed by atoms with Crippen molar-refractivity contribution in [3.8, 4) is 33.9 Å². The summed E-state index contributed by atoms with van der Waals surface area (Å²) in [5.74, 6) is -1.08. The summed E-state index contributed by atoms with van der Waals surface area (Å²) in [4.78, 5) is 34.6. The Kier molecular flexibility index (Phi) is 7.49. The minimum absolute atomic E-state index is 0.0438. The molecule has 6 heterocycles. The number of hydrogen-bond acceptors (Lipinski definition) is 8. The van der Waals surface area contributed by atoms with Crippen LogP contribution in [0.5, 0.6) is 0 Å². The minimum atomic E-state index is -1.04. The SMILES string of the molecule is CCN(CC)C(=O)c1ncn2c1Cn1nnc(C)c1-c1cc(C)ccc1-2.Cc1ccc2c(c1)-c1c(C)nnn1Cc1c(C(=O)O)ncn1-2. The summed E-state index contributed by atoms with van der Waals surface area (Å²) >= 11 is 0. The highest BCUT2D eigenvalue weighted by Crippen LogP contribution is 2.36. The number of aromatic nitrogens is 10. The van der Waals surface area contributed by atoms with E-state index in [1.165, 1.54) is 5.56 Å². The lowest BCUT2D eigenvalue weighted by atomic mass is 10.0. The van der Waals surface area contributed by atoms with Crippen molar-refractivity contribution < 1.29 is 14.7 Å². The van der Waals surface area contributed by atoms with Crippen molar-refractivity contribution in [1.82, 2.24) is 54.0 Å². The molecule has 4 aromatic heterocycles. The Morgan fingerprint density at radius 1 is 0.729 bits per heavy atom. The average Bonchev–Trinajstić information content (AvgIpc) is 3.82. The van der Waals surface area contributed by atoms with Gasteiger partial charge in [0.2, 0.25) is 0 Å². The molecule has 0 bridgehead atoms. The number of hydrogen-bond donors (Lipinski definition) is 1. The second kappa shape index (κ2) is 11.7. The van der Waals surface area contributed by atoms with Crippen LogP contribution in [0.1, 0.15) is 68.7 Å². The quantitative estimate of drug-likeness (QED) is 0.293. The van der Waals surface area contributed by atoms with E-state index in [4.69, 9.17) is 0 Å². The highest BCUT2D eigenvalue weighted by molar-refractivity contribution is 5.94. The van der Waals surface area contributed by atoms with Crippen LogP contribution in [-0.4, -0.2) is 84.1 Å². The number of fused-ring (bicyclic) bond motifs is 10. The normalized spacial score (nSPS) is 12.2. The molecule has 0 spiro atoms. The van der Waals surface area contributed by atoms with Crippen LogP contribution in [0.25, 0.3) is 33.9 Å². The van der Waals surface area contributed by atoms with E-state index in [1.54, 1.807) is 22.2 Å². The maximum atomic E-state index is 12.9. The third-order valence-electron chi connectivity index (χ3n) is 8.93. The fourth-order valence-electron chi connectivity index (χ4n) is 6.55. The summed E-state index contributed by atoms with van der Waals surface area (Å²) in [5, 5.41) is 26.2. The van der Waals surface area contributed by atoms with Gasteiger partial charge in [0, 0.05) is 24.2 Å². The lowest BCUT2D eigenvalue weighted by molar-refractivity contribution is 0.0688. The number of rotatable bonds is 4. The van der Waals surface area contributed by atoms with Crippen molar-refractivity contribution in [3.63, 3.8) is 0 Å². The van der Waals surface area contributed by atoms with Crippen LogP contribution in [0, 0.1) is 27.7 Å². The number of aromatic carboxylic acids is 1. The molecule has 0 atom stereocenters. The lowest BCUT2D eigenvalue weighted by Crippen LogP contribution is -2.31. The number of carbonyl (C=O) groups is 2. The average molecular weight is 646 g/mol. The molecule has 8 rings (SSSR count). The van der Waals surface area contributed by atoms with Crippen LogP contribution < -0.4 is 0 Å². The highest BCUT2D eigenvalue weighted by atomic mass is 16.4. The zero-order valence-electron chi connectivity index (χ0n) is 27.6. The first kappa shape index (κ1) is 30.7. The fraction of sp³-hybridized carbons (Fsp3) is 0.294. The first-order valence-corrected chi connectivity index (χ1v) is 15.8. The summed E-state index contributed by atoms with van der Waals surface area (Å²) in [6.07, 6.45) is 3.30. The molecular weight excluding hydrogens is 610 g/mol. The van der Waals surface area contributed by atoms with Crippen molar-refractivity contribution in [1.29, 1.82) is 0 Å². The van der Waals surface area contributed by atoms with Crippen molar-refractivity contribution in [2.75, 3.05) is 13.1 Å². The van der Waals surface area contributed by atoms with Gasteiger partial charge in [-0.2, -0.15) is 0 Å². The summed E-state index contributed by atoms with van der Waals surface area (Å²) in [7, 11) is 0. The molecule has 1 N–H and O–H groups in total. The van der Waals surface area contributed by atoms with Gasteiger partial charge >= 0.3 is 5.97 Å². The summed E-state index contributed by atoms with van der Waals surface area (Å²) < 4.78 is 7.44. The fourth-order valence-corrected chi connectivity index (χ4v) is 6.55. The molecule has 0 fully saturated rings. The number of aryl methyl sites for hydroxylation is 4. The molecule has 48 heavy (non-hydrogen) atoms. The Balaban J connectivity index is 0.000000154. The number of carboxylic acids is 1. The predicted octanol–water partition coefficient (Wildman–Crippen LogP) is 4.40. The first-order chi connectivity index (χ1) is 23.1. The van der Waals surface area contributed by atoms with Gasteiger partial charge in [-0.05, 0) is 65.8 Å². The number of carboxylic acid groups (broad SMARTS) is 1. The van der Waals surface area contributed by atoms with E-state index >= 15 is 0 Å². The second-order valence-electron chi connectivity index (χ2n) is 12.0. The molecule has 0 saturated carbocycles. The van der Waals surface area contributed by atoms with Gasteiger partial charge < -0.3 is 10.0 Å². The van der Waals surface area contributed by atoms with Gasteiger partial charge in [0.15, 0.2) is 11.4 Å². The second-order valence-corrected chi connectivity index (χ2v) is 12.0. The Hall–Kier alpha value is -5.92. The topological polar surface area (TPSA) is 155 Å². The molecule has 0 aliphatic carbocycles. The molecule has 2 aliphatic heterocycles. The molecule has 0 radical (unpaired) electrons. The van der Waals surface area contributed by atoms with Crippen LogP contribution in [0.4, 0.5) is 0 Å². The Bertz CT molecular complexity index is 2230. The van der Waals surface area contributed by atoms with Crippen molar-refractivity contribution in [2.45, 2.75) is 54.6 Å². The Morgan fingerprint density at radius 2 is 1.19 bits per heavy atom. The van der Waals surface area contributed by atoms with E-state index in [0.717, 1.165) is 56.5 Å². The van der Waals surface area contributed by atoms with Gasteiger partial charge in [-0.3, -0.25) is 13.9 Å². The zero-order chi connectivity index (χ0) is 33.9. The predicted molar refractivity (Wildman–Crippen MR) is 177 cm³/mol. The maximum absolute atomic E-state index is 12.9. The number of imidazole rings is 2. The minimum Gasteiger partial charge on any atom is -0.476 e. The Labute approximate surface area is 276 Å². The number of amides is 1. The first-order valence-electron chi connectivity index (χ1n) is 15.8. The molecule has 244 valence electrons. The van der Waals surface area contributed by atoms with Crippen LogP contribution in [0.2, 0.25) is 0 Å². The summed E-state index contributed by atoms with van der Waals surface area (Å²) in [6.45, 7) is 14.0. The van der Waals surface area contributed by atoms with Gasteiger partial charge in [-0.1, -0.05) is 33.7 Å². The highest BCUT2D eigenvalue weighted by Gasteiger charge is 2.29. The zero-order valence-corrected chi connectivity index (χ0v) is 27.6. The smallest absolute Gasteiger partial charge is 0.356 e. The van der Waals surface area contributed by atoms with E-state index in [9.17, 15) is 14.7 Å². The third-order valence-corrected chi connectivity index (χ3v) is 8.93. The van der Waals surface area contributed by atoms with Crippen molar-refractivity contribution in [3.05, 3.63) is 94.3 Å². The monoisotopic (exact) mass is 645 g/mol. The van der Waals surface area contributed by atoms with E-state index in [1.807, 2.05) is 60.6 Å². The number of carbonyl (C=O) groups excluding carboxylic acids is 1. The molecule has 1 amide bonds. The van der Waals surface area contributed by atoms with Crippen LogP contribution >= 0.6 is 0 Å². The molecule has 6 aromatic rings. The largest absolute Gasteiger partial charge is 0.476 e. The van der Waals surface area contributed by atoms with Gasteiger partial charge in [0.05, 0.1) is 58.6 Å². The van der Waals surface area contributed by atoms with Gasteiger partial charge in [-0.15, -0.1) is 10.2 Å². The van der Waals surface area contributed by atoms with Crippen LogP contribution in [0.15, 0.2) is 49.1 Å². The molecule has 0 saturated heterocycles. The van der Waals surface area contributed by atoms with E-state index in [-0.39, 0.29) is 11.6 Å². The molecule has 14 heteroatoms. The maximum Gasteiger partial charge on any atom is 0.356 e. The van der Waals surface area contributed by atoms with E-state index in [0.29, 0.717) is 37.6 Å². The summed E-state index contributed by atoms with van der Waals surface area (Å²) in [6, 6.07) is 12.3. The standard InChI is InChI=1S/C19H22N6O.C15H13N5O2/c1-5-23(6-2)19(26)17-16-10-25-18(13(4)21-22-25)14-9-12(3)7-8-15(14)24(16)11-20-17;1-8-3-4-11-10(5-8)14-9(2)17-18-20(14)6-12-13(15(21)22)16-7-19(11)12/h7-9,11H,5-6,10H2,1-4H3;3-5,7H,6H2,1-2H3,(H,21,22). The van der Waals surface area contributed by atoms with Gasteiger partial charge in [0.25, 0.3) is 5.91 Å². The molecule has 2 aromatic carbocycles. The number of nitrogens with zero attached hydrogens (tertiary/aromatic N) is 11. The third kappa shape index (κ3) is 4.87. The summed E-state index contributed by atoms with van der Waals surface area (Å²) in [5.41, 5.74) is 11.8. The molecular formula is C34H35N11O3. The molecule has 0 unspecified atom stereocenters. The van der Waals surface area contributed by atoms with Gasteiger partial charge in [0.1, 0.15) is 12.7 Å². The van der Waals surface area contributed by atoms with Crippen molar-refractivity contribution in [2.24, 2.45) is 0 Å².